The van der Waals surface area contributed by atoms with Gasteiger partial charge in [0.2, 0.25) is 0 Å². The van der Waals surface area contributed by atoms with Gasteiger partial charge in [-0.2, -0.15) is 0 Å². The second kappa shape index (κ2) is 4.04. The zero-order valence-electron chi connectivity index (χ0n) is 8.76. The summed E-state index contributed by atoms with van der Waals surface area (Å²) in [6.07, 6.45) is 0. The number of hydrogen-bond acceptors (Lipinski definition) is 6. The number of nitrogens with one attached hydrogen (secondary N) is 1. The molecule has 1 aliphatic rings. The predicted molar refractivity (Wildman–Crippen MR) is 60.8 cm³/mol. The second-order valence-electron chi connectivity index (χ2n) is 3.16. The fourth-order valence-electron chi connectivity index (χ4n) is 1.37. The first-order valence-electron chi connectivity index (χ1n) is 4.68. The standard InChI is InChI=1S/C9H9NO5S2/c1-2-15-9(12)6-7(11)8-5(3-4-16-8)17(13,14)10-6/h3-4,10-11H,2H2,1H3. The Balaban J connectivity index is 2.56. The van der Waals surface area contributed by atoms with Gasteiger partial charge in [0, 0.05) is 0 Å². The number of thiophene rings is 1. The third kappa shape index (κ3) is 1.89. The van der Waals surface area contributed by atoms with Crippen LogP contribution in [0.3, 0.4) is 0 Å². The first-order valence-corrected chi connectivity index (χ1v) is 7.04. The van der Waals surface area contributed by atoms with E-state index in [1.807, 2.05) is 4.72 Å². The average Bonchev–Trinajstić information content (AvgIpc) is 2.74. The number of ether oxygens (including phenoxy) is 1. The van der Waals surface area contributed by atoms with Gasteiger partial charge in [-0.15, -0.1) is 11.3 Å². The van der Waals surface area contributed by atoms with Crippen LogP contribution in [0.25, 0.3) is 5.76 Å². The van der Waals surface area contributed by atoms with Crippen LogP contribution >= 0.6 is 11.3 Å². The Kier molecular flexibility index (Phi) is 2.84. The van der Waals surface area contributed by atoms with Crippen LogP contribution in [0.1, 0.15) is 11.8 Å². The van der Waals surface area contributed by atoms with Crippen LogP contribution in [0.4, 0.5) is 0 Å². The van der Waals surface area contributed by atoms with Crippen molar-refractivity contribution in [1.29, 1.82) is 0 Å². The van der Waals surface area contributed by atoms with Crippen LogP contribution in [0.2, 0.25) is 0 Å². The summed E-state index contributed by atoms with van der Waals surface area (Å²) in [5.74, 6) is -1.30. The molecule has 0 radical (unpaired) electrons. The highest BCUT2D eigenvalue weighted by Crippen LogP contribution is 2.33. The molecule has 92 valence electrons. The van der Waals surface area contributed by atoms with Gasteiger partial charge in [0.25, 0.3) is 10.0 Å². The van der Waals surface area contributed by atoms with E-state index in [0.717, 1.165) is 11.3 Å². The monoisotopic (exact) mass is 275 g/mol. The van der Waals surface area contributed by atoms with Gasteiger partial charge in [0.1, 0.15) is 4.90 Å². The number of hydrogen-bond donors (Lipinski definition) is 2. The molecule has 0 saturated heterocycles. The van der Waals surface area contributed by atoms with Crippen molar-refractivity contribution in [3.8, 4) is 0 Å². The van der Waals surface area contributed by atoms with Gasteiger partial charge in [-0.1, -0.05) is 0 Å². The maximum atomic E-state index is 11.7. The Morgan fingerprint density at radius 1 is 1.59 bits per heavy atom. The van der Waals surface area contributed by atoms with E-state index in [0.29, 0.717) is 0 Å². The van der Waals surface area contributed by atoms with E-state index in [-0.39, 0.29) is 16.4 Å². The summed E-state index contributed by atoms with van der Waals surface area (Å²) < 4.78 is 30.1. The summed E-state index contributed by atoms with van der Waals surface area (Å²) in [5.41, 5.74) is -0.443. The molecule has 2 rings (SSSR count). The molecule has 0 spiro atoms. The molecule has 0 saturated carbocycles. The number of aliphatic hydroxyl groups excluding tert-OH is 1. The fourth-order valence-corrected chi connectivity index (χ4v) is 3.82. The number of fused-ring (bicyclic) bond motifs is 1. The number of aliphatic hydroxyl groups is 1. The van der Waals surface area contributed by atoms with E-state index in [2.05, 4.69) is 4.74 Å². The molecule has 0 amide bonds. The Labute approximate surface area is 102 Å². The van der Waals surface area contributed by atoms with Crippen molar-refractivity contribution < 1.29 is 23.1 Å². The molecule has 0 unspecified atom stereocenters. The summed E-state index contributed by atoms with van der Waals surface area (Å²) in [7, 11) is -3.80. The smallest absolute Gasteiger partial charge is 0.359 e. The lowest BCUT2D eigenvalue weighted by Gasteiger charge is -2.17. The fraction of sp³-hybridized carbons (Fsp3) is 0.222. The molecule has 0 aliphatic carbocycles. The number of esters is 1. The second-order valence-corrected chi connectivity index (χ2v) is 5.73. The minimum atomic E-state index is -3.80. The third-order valence-corrected chi connectivity index (χ3v) is 4.53. The van der Waals surface area contributed by atoms with Gasteiger partial charge in [-0.25, -0.2) is 13.2 Å². The Morgan fingerprint density at radius 2 is 2.29 bits per heavy atom. The molecule has 1 aromatic rings. The first-order chi connectivity index (χ1) is 7.97. The SMILES string of the molecule is CCOC(=O)C1=C(O)c2sccc2S(=O)(=O)N1. The van der Waals surface area contributed by atoms with E-state index >= 15 is 0 Å². The summed E-state index contributed by atoms with van der Waals surface area (Å²) in [6.45, 7) is 1.68. The van der Waals surface area contributed by atoms with Gasteiger partial charge in [0.05, 0.1) is 11.5 Å². The maximum absolute atomic E-state index is 11.7. The summed E-state index contributed by atoms with van der Waals surface area (Å²) >= 11 is 1.04. The molecule has 0 bridgehead atoms. The van der Waals surface area contributed by atoms with Crippen LogP contribution < -0.4 is 4.72 Å². The van der Waals surface area contributed by atoms with E-state index < -0.39 is 27.4 Å². The van der Waals surface area contributed by atoms with Crippen LogP contribution in [0, 0.1) is 0 Å². The van der Waals surface area contributed by atoms with Gasteiger partial charge in [0.15, 0.2) is 11.5 Å². The van der Waals surface area contributed by atoms with Gasteiger partial charge in [-0.3, -0.25) is 4.72 Å². The molecular formula is C9H9NO5S2. The molecule has 0 aromatic carbocycles. The normalized spacial score (nSPS) is 17.2. The number of sulfonamides is 1. The number of carbonyl (C=O) groups is 1. The van der Waals surface area contributed by atoms with E-state index in [1.54, 1.807) is 6.92 Å². The van der Waals surface area contributed by atoms with Gasteiger partial charge in [-0.05, 0) is 18.4 Å². The van der Waals surface area contributed by atoms with Crippen LogP contribution in [0.5, 0.6) is 0 Å². The Morgan fingerprint density at radius 3 is 2.94 bits per heavy atom. The Hall–Kier alpha value is -1.54. The summed E-state index contributed by atoms with van der Waals surface area (Å²) in [6, 6.07) is 1.36. The average molecular weight is 275 g/mol. The molecule has 0 atom stereocenters. The first kappa shape index (κ1) is 11.9. The summed E-state index contributed by atoms with van der Waals surface area (Å²) in [5, 5.41) is 11.3. The maximum Gasteiger partial charge on any atom is 0.359 e. The van der Waals surface area contributed by atoms with Crippen molar-refractivity contribution >= 4 is 33.1 Å². The predicted octanol–water partition coefficient (Wildman–Crippen LogP) is 0.830. The molecule has 2 N–H and O–H groups in total. The lowest BCUT2D eigenvalue weighted by molar-refractivity contribution is -0.138. The third-order valence-electron chi connectivity index (χ3n) is 2.09. The Bertz CT molecular complexity index is 599. The van der Waals surface area contributed by atoms with Crippen molar-refractivity contribution in [3.63, 3.8) is 0 Å². The van der Waals surface area contributed by atoms with Crippen LogP contribution in [-0.4, -0.2) is 26.1 Å². The molecule has 17 heavy (non-hydrogen) atoms. The molecule has 0 fully saturated rings. The molecular weight excluding hydrogens is 266 g/mol. The zero-order valence-corrected chi connectivity index (χ0v) is 10.4. The quantitative estimate of drug-likeness (QED) is 0.780. The van der Waals surface area contributed by atoms with Crippen molar-refractivity contribution in [2.24, 2.45) is 0 Å². The van der Waals surface area contributed by atoms with E-state index in [1.165, 1.54) is 11.4 Å². The van der Waals surface area contributed by atoms with Gasteiger partial charge < -0.3 is 9.84 Å². The number of carbonyl (C=O) groups excluding carboxylic acids is 1. The van der Waals surface area contributed by atoms with E-state index in [9.17, 15) is 18.3 Å². The molecule has 6 nitrogen and oxygen atoms in total. The van der Waals surface area contributed by atoms with Gasteiger partial charge >= 0.3 is 5.97 Å². The summed E-state index contributed by atoms with van der Waals surface area (Å²) in [4.78, 5) is 11.6. The molecule has 1 aromatic heterocycles. The topological polar surface area (TPSA) is 92.7 Å². The van der Waals surface area contributed by atoms with Crippen molar-refractivity contribution in [2.45, 2.75) is 11.8 Å². The van der Waals surface area contributed by atoms with Crippen molar-refractivity contribution in [1.82, 2.24) is 4.72 Å². The highest BCUT2D eigenvalue weighted by atomic mass is 32.2. The highest BCUT2D eigenvalue weighted by Gasteiger charge is 2.34. The lowest BCUT2D eigenvalue weighted by atomic mass is 10.3. The minimum absolute atomic E-state index is 0.0342. The van der Waals surface area contributed by atoms with Crippen molar-refractivity contribution in [2.75, 3.05) is 6.61 Å². The van der Waals surface area contributed by atoms with Crippen LogP contribution in [0.15, 0.2) is 22.0 Å². The molecule has 2 heterocycles. The van der Waals surface area contributed by atoms with Crippen LogP contribution in [-0.2, 0) is 19.6 Å². The zero-order chi connectivity index (χ0) is 12.6. The minimum Gasteiger partial charge on any atom is -0.504 e. The lowest BCUT2D eigenvalue weighted by Crippen LogP contribution is -2.33. The van der Waals surface area contributed by atoms with E-state index in [4.69, 9.17) is 0 Å². The van der Waals surface area contributed by atoms with Crippen molar-refractivity contribution in [3.05, 3.63) is 22.0 Å². The molecule has 1 aliphatic heterocycles. The highest BCUT2D eigenvalue weighted by molar-refractivity contribution is 7.90. The largest absolute Gasteiger partial charge is 0.504 e. The molecule has 8 heteroatoms. The number of rotatable bonds is 2.